The number of aromatic nitrogens is 1. The molecule has 4 N–H and O–H groups in total. The Balaban J connectivity index is 0.000000191. The number of aliphatic carboxylic acids is 1. The molecule has 222 valence electrons. The summed E-state index contributed by atoms with van der Waals surface area (Å²) in [5.74, 6) is 0.265. The van der Waals surface area contributed by atoms with Gasteiger partial charge in [0.05, 0.1) is 5.69 Å². The largest absolute Gasteiger partial charge is 0.479 e. The normalized spacial score (nSPS) is 20.2. The van der Waals surface area contributed by atoms with Crippen molar-refractivity contribution in [1.29, 1.82) is 0 Å². The zero-order valence-corrected chi connectivity index (χ0v) is 24.6. The number of benzene rings is 2. The van der Waals surface area contributed by atoms with Crippen molar-refractivity contribution in [2.24, 2.45) is 30.5 Å². The minimum Gasteiger partial charge on any atom is -0.479 e. The van der Waals surface area contributed by atoms with Crippen LogP contribution >= 0.6 is 0 Å². The van der Waals surface area contributed by atoms with Crippen LogP contribution in [0.25, 0.3) is 22.2 Å². The number of rotatable bonds is 11. The number of para-hydroxylation sites is 2. The highest BCUT2D eigenvalue weighted by molar-refractivity contribution is 7.87. The van der Waals surface area contributed by atoms with Gasteiger partial charge in [0.15, 0.2) is 6.10 Å². The number of carbonyl (C=O) groups excluding carboxylic acids is 1. The lowest BCUT2D eigenvalue weighted by molar-refractivity contribution is -0.144. The molecule has 2 aromatic carbocycles. The van der Waals surface area contributed by atoms with Gasteiger partial charge in [-0.15, -0.1) is 0 Å². The molecule has 0 spiro atoms. The number of aryl methyl sites for hydroxylation is 1. The molecule has 2 aliphatic rings. The maximum absolute atomic E-state index is 12.0. The lowest BCUT2D eigenvalue weighted by Gasteiger charge is -2.19. The summed E-state index contributed by atoms with van der Waals surface area (Å²) in [7, 11) is -0.207. The van der Waals surface area contributed by atoms with Crippen LogP contribution in [0.4, 0.5) is 0 Å². The second-order valence-electron chi connectivity index (χ2n) is 10.9. The average Bonchev–Trinajstić information content (AvgIpc) is 3.46. The van der Waals surface area contributed by atoms with Gasteiger partial charge in [0, 0.05) is 43.0 Å². The summed E-state index contributed by atoms with van der Waals surface area (Å²) in [6, 6.07) is 17.7. The lowest BCUT2D eigenvalue weighted by Crippen LogP contribution is -2.44. The first-order valence-corrected chi connectivity index (χ1v) is 15.5. The van der Waals surface area contributed by atoms with Gasteiger partial charge in [0.2, 0.25) is 5.91 Å². The van der Waals surface area contributed by atoms with Gasteiger partial charge in [-0.1, -0.05) is 30.3 Å². The molecule has 10 nitrogen and oxygen atoms in total. The number of nitrogens with zero attached hydrogens (tertiary/aromatic N) is 2. The smallest absolute Gasteiger partial charge is 0.344 e. The number of fused-ring (bicyclic) bond motifs is 2. The fourth-order valence-electron chi connectivity index (χ4n) is 5.48. The van der Waals surface area contributed by atoms with Crippen LogP contribution in [0.1, 0.15) is 39.0 Å². The molecule has 2 aliphatic carbocycles. The number of carbonyl (C=O) groups is 2. The molecule has 0 saturated heterocycles. The minimum absolute atomic E-state index is 0.0998. The standard InChI is InChI=1S/C18H17NO3.C12H23N3O3S/c1-12(18(20)21)22-17-10-6-4-8-14(17)16-11-13-7-3-5-9-15(13)19(16)2;1-15(7-3-2-6-13)19(17,18)14-12(16)10-5-4-9-8-11(9)10/h3-12H,1-2H3,(H,20,21);9-11H,2-8,13H2,1H3,(H,14,16). The van der Waals surface area contributed by atoms with Gasteiger partial charge in [0.25, 0.3) is 0 Å². The minimum atomic E-state index is -3.69. The Bertz CT molecular complexity index is 1490. The quantitative estimate of drug-likeness (QED) is 0.291. The highest BCUT2D eigenvalue weighted by atomic mass is 32.2. The molecule has 41 heavy (non-hydrogen) atoms. The Morgan fingerprint density at radius 1 is 1.15 bits per heavy atom. The predicted molar refractivity (Wildman–Crippen MR) is 158 cm³/mol. The molecule has 4 atom stereocenters. The van der Waals surface area contributed by atoms with Crippen molar-refractivity contribution in [2.75, 3.05) is 20.1 Å². The number of carboxylic acid groups (broad SMARTS) is 1. The van der Waals surface area contributed by atoms with E-state index in [1.165, 1.54) is 18.3 Å². The molecular weight excluding hydrogens is 544 g/mol. The fourth-order valence-corrected chi connectivity index (χ4v) is 6.41. The van der Waals surface area contributed by atoms with Crippen molar-refractivity contribution in [3.63, 3.8) is 0 Å². The van der Waals surface area contributed by atoms with Gasteiger partial charge in [-0.25, -0.2) is 9.52 Å². The number of nitrogens with one attached hydrogen (secondary N) is 1. The third-order valence-corrected chi connectivity index (χ3v) is 9.47. The van der Waals surface area contributed by atoms with Crippen molar-refractivity contribution >= 4 is 33.0 Å². The van der Waals surface area contributed by atoms with E-state index in [0.717, 1.165) is 47.8 Å². The summed E-state index contributed by atoms with van der Waals surface area (Å²) in [5, 5.41) is 10.2. The van der Waals surface area contributed by atoms with Crippen LogP contribution in [-0.4, -0.2) is 60.5 Å². The van der Waals surface area contributed by atoms with Crippen LogP contribution in [0.15, 0.2) is 54.6 Å². The van der Waals surface area contributed by atoms with Crippen molar-refractivity contribution in [2.45, 2.75) is 45.1 Å². The summed E-state index contributed by atoms with van der Waals surface area (Å²) < 4.78 is 35.0. The van der Waals surface area contributed by atoms with E-state index in [9.17, 15) is 18.0 Å². The van der Waals surface area contributed by atoms with E-state index in [-0.39, 0.29) is 11.8 Å². The number of hydrogen-bond donors (Lipinski definition) is 3. The monoisotopic (exact) mass is 584 g/mol. The highest BCUT2D eigenvalue weighted by Gasteiger charge is 2.51. The van der Waals surface area contributed by atoms with Crippen LogP contribution in [0.5, 0.6) is 5.75 Å². The average molecular weight is 585 g/mol. The SMILES string of the molecule is CC(Oc1ccccc1-c1cc2ccccc2n1C)C(=O)O.CN(CCCCN)S(=O)(=O)NC(=O)C1CCC2CC21. The Labute approximate surface area is 241 Å². The molecule has 1 aromatic heterocycles. The van der Waals surface area contributed by atoms with E-state index < -0.39 is 22.3 Å². The van der Waals surface area contributed by atoms with Gasteiger partial charge < -0.3 is 20.1 Å². The number of amides is 1. The second-order valence-corrected chi connectivity index (χ2v) is 12.7. The molecule has 4 unspecified atom stereocenters. The van der Waals surface area contributed by atoms with E-state index in [1.807, 2.05) is 37.4 Å². The zero-order valence-electron chi connectivity index (χ0n) is 23.8. The van der Waals surface area contributed by atoms with Gasteiger partial charge in [-0.2, -0.15) is 12.7 Å². The van der Waals surface area contributed by atoms with Crippen LogP contribution in [-0.2, 0) is 26.8 Å². The van der Waals surface area contributed by atoms with Gasteiger partial charge in [0.1, 0.15) is 5.75 Å². The lowest BCUT2D eigenvalue weighted by atomic mass is 10.0. The first kappa shape index (κ1) is 30.5. The van der Waals surface area contributed by atoms with E-state index in [1.54, 1.807) is 6.07 Å². The highest BCUT2D eigenvalue weighted by Crippen LogP contribution is 2.55. The van der Waals surface area contributed by atoms with Crippen molar-refractivity contribution in [3.8, 4) is 17.0 Å². The predicted octanol–water partition coefficient (Wildman–Crippen LogP) is 3.76. The second kappa shape index (κ2) is 13.1. The number of carboxylic acids is 1. The summed E-state index contributed by atoms with van der Waals surface area (Å²) in [6.45, 7) is 2.46. The summed E-state index contributed by atoms with van der Waals surface area (Å²) in [6.07, 6.45) is 3.57. The van der Waals surface area contributed by atoms with Crippen LogP contribution < -0.4 is 15.2 Å². The zero-order chi connectivity index (χ0) is 29.7. The van der Waals surface area contributed by atoms with E-state index in [4.69, 9.17) is 15.6 Å². The van der Waals surface area contributed by atoms with Crippen LogP contribution in [0.2, 0.25) is 0 Å². The molecular formula is C30H40N4O6S. The molecule has 2 saturated carbocycles. The third kappa shape index (κ3) is 7.27. The van der Waals surface area contributed by atoms with Gasteiger partial charge in [-0.05, 0) is 81.7 Å². The first-order valence-electron chi connectivity index (χ1n) is 14.0. The molecule has 0 aliphatic heterocycles. The molecule has 1 amide bonds. The molecule has 3 aromatic rings. The summed E-state index contributed by atoms with van der Waals surface area (Å²) in [4.78, 5) is 23.0. The van der Waals surface area contributed by atoms with Crippen LogP contribution in [0.3, 0.4) is 0 Å². The molecule has 5 rings (SSSR count). The number of ether oxygens (including phenoxy) is 1. The Kier molecular flexibility index (Phi) is 9.72. The number of nitrogens with two attached hydrogens (primary N) is 1. The van der Waals surface area contributed by atoms with E-state index in [2.05, 4.69) is 27.5 Å². The fraction of sp³-hybridized carbons (Fsp3) is 0.467. The van der Waals surface area contributed by atoms with Gasteiger partial charge in [-0.3, -0.25) is 4.79 Å². The number of hydrogen-bond acceptors (Lipinski definition) is 6. The summed E-state index contributed by atoms with van der Waals surface area (Å²) >= 11 is 0. The molecule has 0 radical (unpaired) electrons. The number of unbranched alkanes of at least 4 members (excludes halogenated alkanes) is 1. The topological polar surface area (TPSA) is 144 Å². The van der Waals surface area contributed by atoms with Gasteiger partial charge >= 0.3 is 16.2 Å². The Morgan fingerprint density at radius 2 is 1.85 bits per heavy atom. The molecule has 0 bridgehead atoms. The van der Waals surface area contributed by atoms with Crippen molar-refractivity contribution in [3.05, 3.63) is 54.6 Å². The van der Waals surface area contributed by atoms with Crippen LogP contribution in [0, 0.1) is 17.8 Å². The van der Waals surface area contributed by atoms with Crippen molar-refractivity contribution < 1.29 is 27.9 Å². The Hall–Kier alpha value is -3.41. The van der Waals surface area contributed by atoms with E-state index in [0.29, 0.717) is 37.1 Å². The Morgan fingerprint density at radius 3 is 2.49 bits per heavy atom. The molecule has 1 heterocycles. The maximum Gasteiger partial charge on any atom is 0.344 e. The maximum atomic E-state index is 12.0. The van der Waals surface area contributed by atoms with Crippen molar-refractivity contribution in [1.82, 2.24) is 13.6 Å². The molecule has 11 heteroatoms. The van der Waals surface area contributed by atoms with E-state index >= 15 is 0 Å². The molecule has 2 fully saturated rings. The summed E-state index contributed by atoms with van der Waals surface area (Å²) in [5.41, 5.74) is 8.37. The first-order chi connectivity index (χ1) is 19.5. The third-order valence-electron chi connectivity index (χ3n) is 8.01.